The highest BCUT2D eigenvalue weighted by molar-refractivity contribution is 9.10. The maximum atomic E-state index is 9.31. The molecule has 6 heteroatoms. The van der Waals surface area contributed by atoms with Crippen LogP contribution in [-0.2, 0) is 0 Å². The molecule has 0 bridgehead atoms. The molecule has 3 rings (SSSR count). The number of hydrogen-bond acceptors (Lipinski definition) is 5. The van der Waals surface area contributed by atoms with Crippen molar-refractivity contribution in [2.24, 2.45) is 0 Å². The van der Waals surface area contributed by atoms with Crippen LogP contribution >= 0.6 is 15.9 Å². The van der Waals surface area contributed by atoms with Gasteiger partial charge in [0, 0.05) is 31.9 Å². The van der Waals surface area contributed by atoms with Gasteiger partial charge in [-0.15, -0.1) is 0 Å². The number of piperazine rings is 1. The van der Waals surface area contributed by atoms with Gasteiger partial charge in [0.25, 0.3) is 0 Å². The predicted molar refractivity (Wildman–Crippen MR) is 71.1 cm³/mol. The summed E-state index contributed by atoms with van der Waals surface area (Å²) in [6.45, 7) is 2.59. The smallest absolute Gasteiger partial charge is 0.146 e. The zero-order chi connectivity index (χ0) is 12.5. The van der Waals surface area contributed by atoms with Crippen LogP contribution < -0.4 is 4.90 Å². The molecule has 18 heavy (non-hydrogen) atoms. The van der Waals surface area contributed by atoms with Crippen molar-refractivity contribution in [2.45, 2.75) is 24.9 Å². The SMILES string of the molecule is N#CC1CN(c2ncncc2Br)CCN1C1CC1. The number of aromatic nitrogens is 2. The molecule has 1 aromatic heterocycles. The van der Waals surface area contributed by atoms with E-state index >= 15 is 0 Å². The molecule has 1 aliphatic heterocycles. The van der Waals surface area contributed by atoms with Crippen LogP contribution in [0.15, 0.2) is 17.0 Å². The van der Waals surface area contributed by atoms with E-state index in [0.717, 1.165) is 29.9 Å². The van der Waals surface area contributed by atoms with Crippen LogP contribution in [0.4, 0.5) is 5.82 Å². The van der Waals surface area contributed by atoms with Gasteiger partial charge >= 0.3 is 0 Å². The lowest BCUT2D eigenvalue weighted by Crippen LogP contribution is -2.53. The van der Waals surface area contributed by atoms with Crippen molar-refractivity contribution < 1.29 is 0 Å². The number of hydrogen-bond donors (Lipinski definition) is 0. The van der Waals surface area contributed by atoms with Gasteiger partial charge in [-0.2, -0.15) is 5.26 Å². The highest BCUT2D eigenvalue weighted by Crippen LogP contribution is 2.32. The normalized spacial score (nSPS) is 24.9. The number of rotatable bonds is 2. The molecule has 2 aliphatic rings. The summed E-state index contributed by atoms with van der Waals surface area (Å²) < 4.78 is 0.890. The number of halogens is 1. The van der Waals surface area contributed by atoms with Gasteiger partial charge in [-0.1, -0.05) is 0 Å². The Morgan fingerprint density at radius 3 is 2.89 bits per heavy atom. The van der Waals surface area contributed by atoms with E-state index in [0.29, 0.717) is 6.04 Å². The summed E-state index contributed by atoms with van der Waals surface area (Å²) in [6, 6.07) is 3.04. The van der Waals surface area contributed by atoms with Gasteiger partial charge in [0.05, 0.1) is 10.5 Å². The van der Waals surface area contributed by atoms with Gasteiger partial charge in [-0.25, -0.2) is 9.97 Å². The minimum atomic E-state index is -0.0203. The third-order valence-corrected chi connectivity index (χ3v) is 4.09. The second-order valence-electron chi connectivity index (χ2n) is 4.75. The van der Waals surface area contributed by atoms with Gasteiger partial charge < -0.3 is 4.90 Å². The summed E-state index contributed by atoms with van der Waals surface area (Å²) in [5.41, 5.74) is 0. The summed E-state index contributed by atoms with van der Waals surface area (Å²) in [5.74, 6) is 0.890. The quantitative estimate of drug-likeness (QED) is 0.827. The van der Waals surface area contributed by atoms with Crippen LogP contribution in [0, 0.1) is 11.3 Å². The van der Waals surface area contributed by atoms with E-state index in [1.807, 2.05) is 0 Å². The molecule has 2 fully saturated rings. The Kier molecular flexibility index (Phi) is 3.18. The van der Waals surface area contributed by atoms with E-state index in [1.165, 1.54) is 12.8 Å². The Hall–Kier alpha value is -1.19. The molecule has 5 nitrogen and oxygen atoms in total. The summed E-state index contributed by atoms with van der Waals surface area (Å²) >= 11 is 3.47. The Labute approximate surface area is 115 Å². The third kappa shape index (κ3) is 2.20. The van der Waals surface area contributed by atoms with E-state index in [4.69, 9.17) is 0 Å². The first kappa shape index (κ1) is 11.9. The molecule has 0 spiro atoms. The van der Waals surface area contributed by atoms with E-state index in [1.54, 1.807) is 12.5 Å². The first-order valence-corrected chi connectivity index (χ1v) is 6.94. The molecule has 94 valence electrons. The molecule has 1 atom stereocenters. The zero-order valence-electron chi connectivity index (χ0n) is 9.96. The molecule has 1 aromatic rings. The van der Waals surface area contributed by atoms with Crippen molar-refractivity contribution in [2.75, 3.05) is 24.5 Å². The van der Waals surface area contributed by atoms with Crippen LogP contribution in [0.1, 0.15) is 12.8 Å². The molecule has 0 radical (unpaired) electrons. The van der Waals surface area contributed by atoms with Crippen LogP contribution in [0.25, 0.3) is 0 Å². The van der Waals surface area contributed by atoms with E-state index < -0.39 is 0 Å². The molecule has 1 aliphatic carbocycles. The van der Waals surface area contributed by atoms with Crippen molar-refractivity contribution in [3.63, 3.8) is 0 Å². The fourth-order valence-corrected chi connectivity index (χ4v) is 2.96. The Bertz CT molecular complexity index is 482. The lowest BCUT2D eigenvalue weighted by atomic mass is 10.2. The summed E-state index contributed by atoms with van der Waals surface area (Å²) in [4.78, 5) is 12.8. The monoisotopic (exact) mass is 307 g/mol. The van der Waals surface area contributed by atoms with Crippen LogP contribution in [0.3, 0.4) is 0 Å². The van der Waals surface area contributed by atoms with E-state index in [2.05, 4.69) is 41.8 Å². The van der Waals surface area contributed by atoms with Crippen molar-refractivity contribution >= 4 is 21.7 Å². The van der Waals surface area contributed by atoms with Crippen molar-refractivity contribution in [1.29, 1.82) is 5.26 Å². The fourth-order valence-electron chi connectivity index (χ4n) is 2.49. The molecular weight excluding hydrogens is 294 g/mol. The van der Waals surface area contributed by atoms with Gasteiger partial charge in [0.15, 0.2) is 0 Å². The van der Waals surface area contributed by atoms with E-state index in [9.17, 15) is 5.26 Å². The third-order valence-electron chi connectivity index (χ3n) is 3.53. The van der Waals surface area contributed by atoms with E-state index in [-0.39, 0.29) is 6.04 Å². The topological polar surface area (TPSA) is 56.1 Å². The van der Waals surface area contributed by atoms with Crippen LogP contribution in [0.2, 0.25) is 0 Å². The molecule has 1 saturated heterocycles. The first-order valence-electron chi connectivity index (χ1n) is 6.15. The second-order valence-corrected chi connectivity index (χ2v) is 5.61. The highest BCUT2D eigenvalue weighted by Gasteiger charge is 2.37. The van der Waals surface area contributed by atoms with Crippen LogP contribution in [0.5, 0.6) is 0 Å². The molecule has 0 N–H and O–H groups in total. The molecule has 1 saturated carbocycles. The van der Waals surface area contributed by atoms with Gasteiger partial charge in [-0.3, -0.25) is 4.90 Å². The minimum absolute atomic E-state index is 0.0203. The van der Waals surface area contributed by atoms with Crippen molar-refractivity contribution in [1.82, 2.24) is 14.9 Å². The standard InChI is InChI=1S/C12H14BrN5/c13-11-6-15-8-16-12(11)17-3-4-18(9-1-2-9)10(5-14)7-17/h6,8-10H,1-4,7H2. The molecular formula is C12H14BrN5. The number of anilines is 1. The lowest BCUT2D eigenvalue weighted by molar-refractivity contribution is 0.203. The molecule has 0 amide bonds. The first-order chi connectivity index (χ1) is 8.79. The van der Waals surface area contributed by atoms with Gasteiger partial charge in [0.1, 0.15) is 18.2 Å². The molecule has 2 heterocycles. The number of nitriles is 1. The maximum Gasteiger partial charge on any atom is 0.146 e. The lowest BCUT2D eigenvalue weighted by Gasteiger charge is -2.39. The van der Waals surface area contributed by atoms with Crippen LogP contribution in [-0.4, -0.2) is 46.6 Å². The van der Waals surface area contributed by atoms with Gasteiger partial charge in [-0.05, 0) is 28.8 Å². The predicted octanol–water partition coefficient (Wildman–Crippen LogP) is 1.42. The summed E-state index contributed by atoms with van der Waals surface area (Å²) in [5, 5.41) is 9.31. The largest absolute Gasteiger partial charge is 0.352 e. The summed E-state index contributed by atoms with van der Waals surface area (Å²) in [7, 11) is 0. The molecule has 1 unspecified atom stereocenters. The van der Waals surface area contributed by atoms with Crippen molar-refractivity contribution in [3.05, 3.63) is 17.0 Å². The fraction of sp³-hybridized carbons (Fsp3) is 0.583. The Morgan fingerprint density at radius 1 is 1.39 bits per heavy atom. The average Bonchev–Trinajstić information content (AvgIpc) is 3.23. The van der Waals surface area contributed by atoms with Gasteiger partial charge in [0.2, 0.25) is 0 Å². The maximum absolute atomic E-state index is 9.31. The zero-order valence-corrected chi connectivity index (χ0v) is 11.5. The number of nitrogens with zero attached hydrogens (tertiary/aromatic N) is 5. The van der Waals surface area contributed by atoms with Crippen molar-refractivity contribution in [3.8, 4) is 6.07 Å². The Balaban J connectivity index is 1.77. The average molecular weight is 308 g/mol. The minimum Gasteiger partial charge on any atom is -0.352 e. The summed E-state index contributed by atoms with van der Waals surface area (Å²) in [6.07, 6.45) is 5.79. The second kappa shape index (κ2) is 4.82. The highest BCUT2D eigenvalue weighted by atomic mass is 79.9. The Morgan fingerprint density at radius 2 is 2.22 bits per heavy atom. The molecule has 0 aromatic carbocycles.